The zero-order chi connectivity index (χ0) is 12.5. The summed E-state index contributed by atoms with van der Waals surface area (Å²) in [5, 5.41) is 4.95. The van der Waals surface area contributed by atoms with Gasteiger partial charge in [0.25, 0.3) is 0 Å². The van der Waals surface area contributed by atoms with E-state index in [1.54, 1.807) is 6.08 Å². The van der Waals surface area contributed by atoms with Gasteiger partial charge in [0.1, 0.15) is 0 Å². The molecule has 1 aromatic carbocycles. The zero-order valence-corrected chi connectivity index (χ0v) is 9.52. The lowest BCUT2D eigenvalue weighted by atomic mass is 10.2. The van der Waals surface area contributed by atoms with Crippen molar-refractivity contribution in [1.29, 1.82) is 0 Å². The summed E-state index contributed by atoms with van der Waals surface area (Å²) in [5.74, 6) is 0.0930. The average molecular weight is 232 g/mol. The highest BCUT2D eigenvalue weighted by Gasteiger charge is 1.99. The molecule has 17 heavy (non-hydrogen) atoms. The maximum absolute atomic E-state index is 11.2. The molecule has 0 spiro atoms. The van der Waals surface area contributed by atoms with E-state index in [-0.39, 0.29) is 12.0 Å². The number of hydrogen-bond donors (Lipinski definition) is 3. The number of carbonyl (C=O) groups is 1. The maximum Gasteiger partial charge on any atom is 0.321 e. The van der Waals surface area contributed by atoms with Crippen LogP contribution in [-0.2, 0) is 6.54 Å². The van der Waals surface area contributed by atoms with Crippen molar-refractivity contribution in [3.63, 3.8) is 0 Å². The van der Waals surface area contributed by atoms with Crippen LogP contribution in [0.3, 0.4) is 0 Å². The van der Waals surface area contributed by atoms with E-state index in [0.717, 1.165) is 5.56 Å². The van der Waals surface area contributed by atoms with Gasteiger partial charge in [0, 0.05) is 6.54 Å². The van der Waals surface area contributed by atoms with Crippen molar-refractivity contribution in [3.8, 4) is 0 Å². The number of rotatable bonds is 4. The van der Waals surface area contributed by atoms with Gasteiger partial charge >= 0.3 is 6.03 Å². The van der Waals surface area contributed by atoms with Gasteiger partial charge < -0.3 is 11.1 Å². The van der Waals surface area contributed by atoms with Crippen LogP contribution in [0.4, 0.5) is 4.79 Å². The van der Waals surface area contributed by atoms with Crippen LogP contribution in [0.25, 0.3) is 0 Å². The smallest absolute Gasteiger partial charge is 0.321 e. The molecule has 0 aromatic heterocycles. The molecule has 0 saturated carbocycles. The molecule has 1 aromatic rings. The summed E-state index contributed by atoms with van der Waals surface area (Å²) in [6.07, 6.45) is 1.58. The van der Waals surface area contributed by atoms with Gasteiger partial charge in [0.05, 0.1) is 6.54 Å². The third kappa shape index (κ3) is 5.36. The quantitative estimate of drug-likeness (QED) is 0.411. The Morgan fingerprint density at radius 2 is 2.12 bits per heavy atom. The van der Waals surface area contributed by atoms with E-state index in [1.807, 2.05) is 30.3 Å². The Morgan fingerprint density at radius 3 is 2.76 bits per heavy atom. The molecule has 0 aliphatic heterocycles. The van der Waals surface area contributed by atoms with Crippen LogP contribution in [0, 0.1) is 0 Å². The van der Waals surface area contributed by atoms with Gasteiger partial charge in [-0.1, -0.05) is 36.4 Å². The molecule has 1 rings (SSSR count). The van der Waals surface area contributed by atoms with Gasteiger partial charge in [0.15, 0.2) is 5.96 Å². The van der Waals surface area contributed by atoms with E-state index in [9.17, 15) is 4.79 Å². The van der Waals surface area contributed by atoms with E-state index in [1.165, 1.54) is 0 Å². The zero-order valence-electron chi connectivity index (χ0n) is 9.52. The lowest BCUT2D eigenvalue weighted by Crippen LogP contribution is -2.43. The monoisotopic (exact) mass is 232 g/mol. The summed E-state index contributed by atoms with van der Waals surface area (Å²) in [6, 6.07) is 9.26. The first-order valence-electron chi connectivity index (χ1n) is 5.22. The van der Waals surface area contributed by atoms with Crippen LogP contribution in [0.2, 0.25) is 0 Å². The van der Waals surface area contributed by atoms with E-state index >= 15 is 0 Å². The van der Waals surface area contributed by atoms with Crippen molar-refractivity contribution in [2.45, 2.75) is 6.54 Å². The number of nitrogens with zero attached hydrogens (tertiary/aromatic N) is 1. The van der Waals surface area contributed by atoms with Crippen molar-refractivity contribution in [2.24, 2.45) is 10.7 Å². The minimum atomic E-state index is -0.390. The molecule has 0 bridgehead atoms. The Balaban J connectivity index is 2.39. The van der Waals surface area contributed by atoms with E-state index in [0.29, 0.717) is 13.1 Å². The second kappa shape index (κ2) is 7.05. The third-order valence-electron chi connectivity index (χ3n) is 1.92. The number of nitrogens with two attached hydrogens (primary N) is 1. The Labute approximate surface area is 100 Å². The van der Waals surface area contributed by atoms with Crippen molar-refractivity contribution < 1.29 is 4.79 Å². The highest BCUT2D eigenvalue weighted by atomic mass is 16.2. The number of amides is 2. The fraction of sp³-hybridized carbons (Fsp3) is 0.167. The molecule has 90 valence electrons. The second-order valence-electron chi connectivity index (χ2n) is 3.31. The molecule has 5 heteroatoms. The molecule has 0 fully saturated rings. The topological polar surface area (TPSA) is 79.5 Å². The molecule has 0 atom stereocenters. The molecule has 0 saturated heterocycles. The van der Waals surface area contributed by atoms with Gasteiger partial charge in [-0.3, -0.25) is 5.32 Å². The summed E-state index contributed by atoms with van der Waals surface area (Å²) >= 11 is 0. The molecule has 0 aliphatic carbocycles. The van der Waals surface area contributed by atoms with Gasteiger partial charge in [-0.05, 0) is 5.56 Å². The van der Waals surface area contributed by atoms with E-state index < -0.39 is 0 Å². The lowest BCUT2D eigenvalue weighted by molar-refractivity contribution is 0.246. The fourth-order valence-electron chi connectivity index (χ4n) is 1.12. The molecule has 0 heterocycles. The van der Waals surface area contributed by atoms with Crippen LogP contribution in [0.1, 0.15) is 5.56 Å². The number of nitrogens with one attached hydrogen (secondary N) is 2. The Morgan fingerprint density at radius 1 is 1.41 bits per heavy atom. The molecular formula is C12H16N4O. The van der Waals surface area contributed by atoms with Crippen molar-refractivity contribution in [2.75, 3.05) is 6.54 Å². The Kier molecular flexibility index (Phi) is 5.30. The second-order valence-corrected chi connectivity index (χ2v) is 3.31. The van der Waals surface area contributed by atoms with Crippen LogP contribution >= 0.6 is 0 Å². The fourth-order valence-corrected chi connectivity index (χ4v) is 1.12. The lowest BCUT2D eigenvalue weighted by Gasteiger charge is -2.04. The van der Waals surface area contributed by atoms with Crippen LogP contribution in [0.5, 0.6) is 0 Å². The van der Waals surface area contributed by atoms with E-state index in [2.05, 4.69) is 22.2 Å². The number of urea groups is 1. The molecular weight excluding hydrogens is 216 g/mol. The van der Waals surface area contributed by atoms with Crippen LogP contribution in [-0.4, -0.2) is 18.5 Å². The molecule has 5 nitrogen and oxygen atoms in total. The number of guanidine groups is 1. The summed E-state index contributed by atoms with van der Waals surface area (Å²) in [5.41, 5.74) is 6.58. The SMILES string of the molecule is C=CCNC(=O)NC(N)=NCc1ccccc1. The predicted octanol–water partition coefficient (Wildman–Crippen LogP) is 0.986. The predicted molar refractivity (Wildman–Crippen MR) is 68.5 cm³/mol. The Bertz CT molecular complexity index is 400. The summed E-state index contributed by atoms with van der Waals surface area (Å²) in [6.45, 7) is 4.31. The van der Waals surface area contributed by atoms with E-state index in [4.69, 9.17) is 5.73 Å². The molecule has 0 unspecified atom stereocenters. The summed E-state index contributed by atoms with van der Waals surface area (Å²) < 4.78 is 0. The van der Waals surface area contributed by atoms with Gasteiger partial charge in [-0.25, -0.2) is 9.79 Å². The van der Waals surface area contributed by atoms with Crippen molar-refractivity contribution in [3.05, 3.63) is 48.6 Å². The normalized spacial score (nSPS) is 10.7. The average Bonchev–Trinajstić information content (AvgIpc) is 2.35. The summed E-state index contributed by atoms with van der Waals surface area (Å²) in [4.78, 5) is 15.2. The minimum Gasteiger partial charge on any atom is -0.370 e. The van der Waals surface area contributed by atoms with Crippen molar-refractivity contribution >= 4 is 12.0 Å². The highest BCUT2D eigenvalue weighted by molar-refractivity contribution is 5.95. The van der Waals surface area contributed by atoms with Crippen LogP contribution < -0.4 is 16.4 Å². The number of hydrogen-bond acceptors (Lipinski definition) is 2. The first-order valence-corrected chi connectivity index (χ1v) is 5.22. The Hall–Kier alpha value is -2.30. The van der Waals surface area contributed by atoms with Gasteiger partial charge in [0.2, 0.25) is 0 Å². The molecule has 0 radical (unpaired) electrons. The first-order chi connectivity index (χ1) is 8.22. The highest BCUT2D eigenvalue weighted by Crippen LogP contribution is 1.99. The summed E-state index contributed by atoms with van der Waals surface area (Å²) in [7, 11) is 0. The van der Waals surface area contributed by atoms with Gasteiger partial charge in [-0.15, -0.1) is 6.58 Å². The van der Waals surface area contributed by atoms with Crippen molar-refractivity contribution in [1.82, 2.24) is 10.6 Å². The standard InChI is InChI=1S/C12H16N4O/c1-2-8-14-12(17)16-11(13)15-9-10-6-4-3-5-7-10/h2-7H,1,8-9H2,(H4,13,14,15,16,17). The van der Waals surface area contributed by atoms with Crippen LogP contribution in [0.15, 0.2) is 48.0 Å². The first kappa shape index (κ1) is 12.8. The third-order valence-corrected chi connectivity index (χ3v) is 1.92. The minimum absolute atomic E-state index is 0.0930. The molecule has 2 amide bonds. The number of aliphatic imine (C=N–C) groups is 1. The molecule has 0 aliphatic rings. The van der Waals surface area contributed by atoms with Gasteiger partial charge in [-0.2, -0.15) is 0 Å². The number of benzene rings is 1. The molecule has 4 N–H and O–H groups in total. The largest absolute Gasteiger partial charge is 0.370 e. The maximum atomic E-state index is 11.2. The number of carbonyl (C=O) groups excluding carboxylic acids is 1.